The number of rotatable bonds is 7. The van der Waals surface area contributed by atoms with Gasteiger partial charge in [0, 0.05) is 33.8 Å². The molecule has 0 fully saturated rings. The highest BCUT2D eigenvalue weighted by atomic mass is 16.5. The lowest BCUT2D eigenvalue weighted by molar-refractivity contribution is 0.489. The normalized spacial score (nSPS) is 11.4. The van der Waals surface area contributed by atoms with Crippen molar-refractivity contribution in [3.8, 4) is 78.3 Å². The van der Waals surface area contributed by atoms with Crippen LogP contribution in [0.2, 0.25) is 0 Å². The third-order valence-electron chi connectivity index (χ3n) is 10.7. The van der Waals surface area contributed by atoms with Crippen LogP contribution in [0.3, 0.4) is 0 Å². The Bertz CT molecular complexity index is 2780. The van der Waals surface area contributed by atoms with E-state index in [0.717, 1.165) is 61.9 Å². The van der Waals surface area contributed by atoms with Crippen LogP contribution in [0.25, 0.3) is 66.8 Å². The van der Waals surface area contributed by atoms with Gasteiger partial charge in [-0.1, -0.05) is 182 Å². The van der Waals surface area contributed by atoms with E-state index in [1.54, 1.807) is 0 Å². The van der Waals surface area contributed by atoms with Gasteiger partial charge in [0.2, 0.25) is 0 Å². The maximum absolute atomic E-state index is 6.96. The first-order chi connectivity index (χ1) is 27.8. The highest BCUT2D eigenvalue weighted by Crippen LogP contribution is 2.51. The number of hydrogen-bond donors (Lipinski definition) is 0. The Morgan fingerprint density at radius 3 is 1.14 bits per heavy atom. The van der Waals surface area contributed by atoms with Gasteiger partial charge in [0.1, 0.15) is 11.5 Å². The fourth-order valence-electron chi connectivity index (χ4n) is 7.89. The van der Waals surface area contributed by atoms with Crippen molar-refractivity contribution < 1.29 is 4.74 Å². The van der Waals surface area contributed by atoms with Crippen molar-refractivity contribution in [1.82, 2.24) is 0 Å². The molecule has 264 valence electrons. The zero-order valence-electron chi connectivity index (χ0n) is 30.7. The third kappa shape index (κ3) is 6.24. The maximum atomic E-state index is 6.96. The molecule has 0 saturated heterocycles. The molecule has 9 aromatic carbocycles. The van der Waals surface area contributed by atoms with Crippen LogP contribution in [-0.4, -0.2) is 0 Å². The van der Waals surface area contributed by atoms with E-state index in [1.165, 1.54) is 33.4 Å². The van der Waals surface area contributed by atoms with E-state index in [4.69, 9.17) is 4.74 Å². The summed E-state index contributed by atoms with van der Waals surface area (Å²) in [6.07, 6.45) is 0. The van der Waals surface area contributed by atoms with Gasteiger partial charge < -0.3 is 9.64 Å². The van der Waals surface area contributed by atoms with E-state index in [0.29, 0.717) is 0 Å². The van der Waals surface area contributed by atoms with Crippen LogP contribution < -0.4 is 9.64 Å². The minimum Gasteiger partial charge on any atom is -0.455 e. The smallest absolute Gasteiger partial charge is 0.143 e. The Balaban J connectivity index is 1.07. The first kappa shape index (κ1) is 33.2. The van der Waals surface area contributed by atoms with Crippen LogP contribution in [0.5, 0.6) is 11.5 Å². The lowest BCUT2D eigenvalue weighted by atomic mass is 9.92. The van der Waals surface area contributed by atoms with Crippen LogP contribution in [0.15, 0.2) is 224 Å². The van der Waals surface area contributed by atoms with Crippen molar-refractivity contribution in [3.63, 3.8) is 0 Å². The molecular formula is C54H37NO. The summed E-state index contributed by atoms with van der Waals surface area (Å²) < 4.78 is 6.96. The molecular weight excluding hydrogens is 679 g/mol. The average molecular weight is 716 g/mol. The molecule has 0 bridgehead atoms. The average Bonchev–Trinajstić information content (AvgIpc) is 3.42. The largest absolute Gasteiger partial charge is 0.455 e. The maximum Gasteiger partial charge on any atom is 0.143 e. The minimum absolute atomic E-state index is 0.831. The Morgan fingerprint density at radius 2 is 0.625 bits per heavy atom. The van der Waals surface area contributed by atoms with Gasteiger partial charge in [-0.3, -0.25) is 0 Å². The summed E-state index contributed by atoms with van der Waals surface area (Å²) in [6.45, 7) is 0. The first-order valence-corrected chi connectivity index (χ1v) is 19.1. The molecule has 2 nitrogen and oxygen atoms in total. The Labute approximate surface area is 328 Å². The molecule has 1 heterocycles. The second kappa shape index (κ2) is 14.4. The van der Waals surface area contributed by atoms with E-state index in [1.807, 2.05) is 0 Å². The third-order valence-corrected chi connectivity index (χ3v) is 10.7. The van der Waals surface area contributed by atoms with E-state index < -0.39 is 0 Å². The van der Waals surface area contributed by atoms with Gasteiger partial charge in [-0.25, -0.2) is 0 Å². The summed E-state index contributed by atoms with van der Waals surface area (Å²) in [7, 11) is 0. The molecule has 0 aromatic heterocycles. The monoisotopic (exact) mass is 715 g/mol. The highest BCUT2D eigenvalue weighted by molar-refractivity contribution is 5.95. The summed E-state index contributed by atoms with van der Waals surface area (Å²) in [5.74, 6) is 1.70. The summed E-state index contributed by atoms with van der Waals surface area (Å²) in [6, 6.07) is 79.8. The van der Waals surface area contributed by atoms with Gasteiger partial charge >= 0.3 is 0 Å². The molecule has 0 N–H and O–H groups in total. The van der Waals surface area contributed by atoms with Crippen LogP contribution in [0.4, 0.5) is 17.1 Å². The van der Waals surface area contributed by atoms with E-state index in [2.05, 4.69) is 229 Å². The SMILES string of the molecule is c1ccc(-c2ccc(-c3ccc(N(c4ccc(-c5ccccc5)cc4)c4ccc5c(c4)-c4ccccc4-c4cccc(-c6ccccc6)c4O5)cc3)cc2)cc1. The number of nitrogens with zero attached hydrogens (tertiary/aromatic N) is 1. The number of ether oxygens (including phenoxy) is 1. The molecule has 0 saturated carbocycles. The predicted octanol–water partition coefficient (Wildman–Crippen LogP) is 15.3. The van der Waals surface area contributed by atoms with Gasteiger partial charge in [-0.2, -0.15) is 0 Å². The summed E-state index contributed by atoms with van der Waals surface area (Å²) in [5, 5.41) is 0. The molecule has 0 spiro atoms. The molecule has 2 heteroatoms. The van der Waals surface area contributed by atoms with Gasteiger partial charge in [-0.15, -0.1) is 0 Å². The molecule has 56 heavy (non-hydrogen) atoms. The Morgan fingerprint density at radius 1 is 0.250 bits per heavy atom. The molecule has 1 aliphatic heterocycles. The van der Waals surface area contributed by atoms with Crippen molar-refractivity contribution in [2.75, 3.05) is 4.90 Å². The topological polar surface area (TPSA) is 12.5 Å². The highest BCUT2D eigenvalue weighted by Gasteiger charge is 2.25. The molecule has 0 amide bonds. The second-order valence-corrected chi connectivity index (χ2v) is 14.1. The summed E-state index contributed by atoms with van der Waals surface area (Å²) in [4.78, 5) is 2.34. The number of hydrogen-bond acceptors (Lipinski definition) is 2. The minimum atomic E-state index is 0.831. The number of benzene rings is 9. The van der Waals surface area contributed by atoms with Gasteiger partial charge in [0.25, 0.3) is 0 Å². The number of fused-ring (bicyclic) bond motifs is 5. The van der Waals surface area contributed by atoms with E-state index in [9.17, 15) is 0 Å². The molecule has 0 radical (unpaired) electrons. The van der Waals surface area contributed by atoms with E-state index >= 15 is 0 Å². The van der Waals surface area contributed by atoms with Crippen LogP contribution in [0.1, 0.15) is 0 Å². The number of para-hydroxylation sites is 1. The fourth-order valence-corrected chi connectivity index (χ4v) is 7.89. The fraction of sp³-hybridized carbons (Fsp3) is 0. The molecule has 0 atom stereocenters. The van der Waals surface area contributed by atoms with E-state index in [-0.39, 0.29) is 0 Å². The van der Waals surface area contributed by atoms with Crippen molar-refractivity contribution in [3.05, 3.63) is 224 Å². The first-order valence-electron chi connectivity index (χ1n) is 19.1. The zero-order valence-corrected chi connectivity index (χ0v) is 30.7. The molecule has 9 aromatic rings. The van der Waals surface area contributed by atoms with Crippen molar-refractivity contribution >= 4 is 17.1 Å². The van der Waals surface area contributed by atoms with Gasteiger partial charge in [0.05, 0.1) is 0 Å². The molecule has 0 aliphatic carbocycles. The summed E-state index contributed by atoms with van der Waals surface area (Å²) in [5.41, 5.74) is 17.0. The van der Waals surface area contributed by atoms with Crippen LogP contribution in [-0.2, 0) is 0 Å². The Kier molecular flexibility index (Phi) is 8.55. The van der Waals surface area contributed by atoms with Gasteiger partial charge in [0.15, 0.2) is 0 Å². The molecule has 0 unspecified atom stereocenters. The van der Waals surface area contributed by atoms with Crippen molar-refractivity contribution in [1.29, 1.82) is 0 Å². The molecule has 1 aliphatic rings. The number of anilines is 3. The zero-order chi connectivity index (χ0) is 37.3. The molecule has 10 rings (SSSR count). The van der Waals surface area contributed by atoms with Gasteiger partial charge in [-0.05, 0) is 92.5 Å². The van der Waals surface area contributed by atoms with Crippen molar-refractivity contribution in [2.24, 2.45) is 0 Å². The second-order valence-electron chi connectivity index (χ2n) is 14.1. The lowest BCUT2D eigenvalue weighted by Crippen LogP contribution is -2.10. The van der Waals surface area contributed by atoms with Crippen molar-refractivity contribution in [2.45, 2.75) is 0 Å². The van der Waals surface area contributed by atoms with Crippen LogP contribution >= 0.6 is 0 Å². The standard InChI is InChI=1S/C54H37NO/c1-4-13-38(14-5-1)40-23-25-41(26-24-40)43-29-33-46(34-30-43)55(45-31-27-42(28-32-45)39-15-6-2-7-16-39)47-35-36-53-52(37-47)50-20-11-10-19-49(50)51-22-12-21-48(54(51)56-53)44-17-8-3-9-18-44/h1-37H. The Hall–Kier alpha value is -7.42. The van der Waals surface area contributed by atoms with Crippen LogP contribution in [0, 0.1) is 0 Å². The predicted molar refractivity (Wildman–Crippen MR) is 234 cm³/mol. The quantitative estimate of drug-likeness (QED) is 0.163. The summed E-state index contributed by atoms with van der Waals surface area (Å²) >= 11 is 0. The lowest BCUT2D eigenvalue weighted by Gasteiger charge is -2.27.